The van der Waals surface area contributed by atoms with E-state index in [4.69, 9.17) is 5.73 Å². The Morgan fingerprint density at radius 1 is 1.29 bits per heavy atom. The number of amides is 1. The number of benzene rings is 1. The molecule has 1 aliphatic heterocycles. The molecule has 21 heavy (non-hydrogen) atoms. The van der Waals surface area contributed by atoms with Crippen molar-refractivity contribution in [3.8, 4) is 11.5 Å². The molecule has 0 saturated carbocycles. The van der Waals surface area contributed by atoms with E-state index in [9.17, 15) is 15.0 Å². The maximum atomic E-state index is 12.4. The number of para-hydroxylation sites is 1. The Morgan fingerprint density at radius 2 is 1.95 bits per heavy atom. The lowest BCUT2D eigenvalue weighted by atomic mass is 10.1. The number of carbonyl (C=O) groups excluding carboxylic acids is 1. The molecule has 1 saturated heterocycles. The lowest BCUT2D eigenvalue weighted by molar-refractivity contribution is 0.0568. The second kappa shape index (κ2) is 6.78. The first-order valence-corrected chi connectivity index (χ1v) is 7.32. The molecule has 116 valence electrons. The first-order valence-electron chi connectivity index (χ1n) is 7.32. The highest BCUT2D eigenvalue weighted by molar-refractivity contribution is 5.97. The number of piperazine rings is 1. The zero-order valence-corrected chi connectivity index (χ0v) is 12.3. The third kappa shape index (κ3) is 3.28. The van der Waals surface area contributed by atoms with Crippen molar-refractivity contribution in [3.63, 3.8) is 0 Å². The van der Waals surface area contributed by atoms with E-state index < -0.39 is 0 Å². The van der Waals surface area contributed by atoms with Gasteiger partial charge in [0.25, 0.3) is 5.91 Å². The van der Waals surface area contributed by atoms with Crippen LogP contribution in [0.2, 0.25) is 0 Å². The molecule has 0 radical (unpaired) electrons. The van der Waals surface area contributed by atoms with Crippen LogP contribution >= 0.6 is 0 Å². The number of rotatable bonds is 4. The lowest BCUT2D eigenvalue weighted by Crippen LogP contribution is -2.53. The van der Waals surface area contributed by atoms with Crippen LogP contribution in [-0.4, -0.2) is 64.7 Å². The Kier molecular flexibility index (Phi) is 5.03. The average Bonchev–Trinajstić information content (AvgIpc) is 2.51. The molecule has 1 aromatic carbocycles. The zero-order chi connectivity index (χ0) is 15.4. The van der Waals surface area contributed by atoms with Crippen LogP contribution in [0.1, 0.15) is 23.7 Å². The molecule has 1 aromatic rings. The number of phenolic OH excluding ortho intramolecular Hbond substituents is 2. The summed E-state index contributed by atoms with van der Waals surface area (Å²) < 4.78 is 0. The van der Waals surface area contributed by atoms with Crippen molar-refractivity contribution in [2.45, 2.75) is 19.4 Å². The summed E-state index contributed by atoms with van der Waals surface area (Å²) in [6, 6.07) is 4.80. The molecule has 1 unspecified atom stereocenters. The fourth-order valence-corrected chi connectivity index (χ4v) is 2.74. The van der Waals surface area contributed by atoms with E-state index >= 15 is 0 Å². The summed E-state index contributed by atoms with van der Waals surface area (Å²) >= 11 is 0. The van der Waals surface area contributed by atoms with Crippen molar-refractivity contribution < 1.29 is 15.0 Å². The standard InChI is InChI=1S/C15H23N3O3/c1-2-11(10-16)17-6-8-18(9-7-17)15(21)12-4-3-5-13(19)14(12)20/h3-5,11,19-20H,2,6-10,16H2,1H3. The number of hydrogen-bond acceptors (Lipinski definition) is 5. The molecule has 0 bridgehead atoms. The Hall–Kier alpha value is -1.79. The molecule has 0 spiro atoms. The fourth-order valence-electron chi connectivity index (χ4n) is 2.74. The van der Waals surface area contributed by atoms with Gasteiger partial charge in [-0.2, -0.15) is 0 Å². The first-order chi connectivity index (χ1) is 10.1. The predicted octanol–water partition coefficient (Wildman–Crippen LogP) is 0.593. The number of phenols is 2. The van der Waals surface area contributed by atoms with Gasteiger partial charge in [-0.25, -0.2) is 0 Å². The first kappa shape index (κ1) is 15.6. The van der Waals surface area contributed by atoms with Gasteiger partial charge in [0.2, 0.25) is 0 Å². The van der Waals surface area contributed by atoms with Gasteiger partial charge in [0.1, 0.15) is 0 Å². The average molecular weight is 293 g/mol. The highest BCUT2D eigenvalue weighted by atomic mass is 16.3. The van der Waals surface area contributed by atoms with Gasteiger partial charge in [0, 0.05) is 38.8 Å². The van der Waals surface area contributed by atoms with E-state index in [1.54, 1.807) is 11.0 Å². The largest absolute Gasteiger partial charge is 0.504 e. The summed E-state index contributed by atoms with van der Waals surface area (Å²) in [4.78, 5) is 16.4. The molecule has 1 fully saturated rings. The molecule has 1 aliphatic rings. The topological polar surface area (TPSA) is 90.0 Å². The van der Waals surface area contributed by atoms with Gasteiger partial charge < -0.3 is 20.8 Å². The Morgan fingerprint density at radius 3 is 2.52 bits per heavy atom. The van der Waals surface area contributed by atoms with Crippen LogP contribution in [0.4, 0.5) is 0 Å². The number of aromatic hydroxyl groups is 2. The van der Waals surface area contributed by atoms with Crippen molar-refractivity contribution in [2.24, 2.45) is 5.73 Å². The highest BCUT2D eigenvalue weighted by Crippen LogP contribution is 2.29. The van der Waals surface area contributed by atoms with Gasteiger partial charge >= 0.3 is 0 Å². The van der Waals surface area contributed by atoms with Crippen LogP contribution in [0.5, 0.6) is 11.5 Å². The summed E-state index contributed by atoms with van der Waals surface area (Å²) in [5.74, 6) is -0.865. The van der Waals surface area contributed by atoms with E-state index in [1.165, 1.54) is 12.1 Å². The lowest BCUT2D eigenvalue weighted by Gasteiger charge is -2.38. The number of nitrogens with two attached hydrogens (primary N) is 1. The zero-order valence-electron chi connectivity index (χ0n) is 12.3. The molecule has 6 nitrogen and oxygen atoms in total. The number of nitrogens with zero attached hydrogens (tertiary/aromatic N) is 2. The molecule has 2 rings (SSSR count). The fraction of sp³-hybridized carbons (Fsp3) is 0.533. The SMILES string of the molecule is CCC(CN)N1CCN(C(=O)c2cccc(O)c2O)CC1. The minimum absolute atomic E-state index is 0.148. The normalized spacial score (nSPS) is 17.7. The minimum atomic E-state index is -0.349. The van der Waals surface area contributed by atoms with Crippen molar-refractivity contribution >= 4 is 5.91 Å². The van der Waals surface area contributed by atoms with Crippen molar-refractivity contribution in [1.82, 2.24) is 9.80 Å². The second-order valence-corrected chi connectivity index (χ2v) is 5.30. The van der Waals surface area contributed by atoms with Crippen LogP contribution in [0.3, 0.4) is 0 Å². The molecule has 0 aromatic heterocycles. The maximum absolute atomic E-state index is 12.4. The summed E-state index contributed by atoms with van der Waals surface area (Å²) in [6.07, 6.45) is 0.998. The van der Waals surface area contributed by atoms with Crippen LogP contribution in [-0.2, 0) is 0 Å². The molecule has 1 amide bonds. The van der Waals surface area contributed by atoms with Crippen LogP contribution < -0.4 is 5.73 Å². The van der Waals surface area contributed by atoms with Gasteiger partial charge in [-0.1, -0.05) is 13.0 Å². The molecule has 1 atom stereocenters. The Balaban J connectivity index is 2.02. The van der Waals surface area contributed by atoms with E-state index in [2.05, 4.69) is 11.8 Å². The van der Waals surface area contributed by atoms with E-state index in [0.29, 0.717) is 25.7 Å². The second-order valence-electron chi connectivity index (χ2n) is 5.30. The third-order valence-corrected chi connectivity index (χ3v) is 4.11. The van der Waals surface area contributed by atoms with Crippen LogP contribution in [0.15, 0.2) is 18.2 Å². The molecule has 1 heterocycles. The smallest absolute Gasteiger partial charge is 0.257 e. The van der Waals surface area contributed by atoms with Gasteiger partial charge in [-0.05, 0) is 18.6 Å². The Bertz CT molecular complexity index is 495. The summed E-state index contributed by atoms with van der Waals surface area (Å²) in [7, 11) is 0. The predicted molar refractivity (Wildman–Crippen MR) is 80.4 cm³/mol. The summed E-state index contributed by atoms with van der Waals surface area (Å²) in [5.41, 5.74) is 5.90. The van der Waals surface area contributed by atoms with Crippen LogP contribution in [0, 0.1) is 0 Å². The van der Waals surface area contributed by atoms with E-state index in [0.717, 1.165) is 19.5 Å². The van der Waals surface area contributed by atoms with E-state index in [-0.39, 0.29) is 23.0 Å². The summed E-state index contributed by atoms with van der Waals surface area (Å²) in [6.45, 7) is 5.49. The number of carbonyl (C=O) groups is 1. The maximum Gasteiger partial charge on any atom is 0.257 e. The summed E-state index contributed by atoms with van der Waals surface area (Å²) in [5, 5.41) is 19.3. The quantitative estimate of drug-likeness (QED) is 0.707. The molecular weight excluding hydrogens is 270 g/mol. The monoisotopic (exact) mass is 293 g/mol. The minimum Gasteiger partial charge on any atom is -0.504 e. The van der Waals surface area contributed by atoms with Crippen molar-refractivity contribution in [2.75, 3.05) is 32.7 Å². The van der Waals surface area contributed by atoms with Gasteiger partial charge in [-0.3, -0.25) is 9.69 Å². The molecule has 0 aliphatic carbocycles. The Labute approximate surface area is 124 Å². The number of hydrogen-bond donors (Lipinski definition) is 3. The molecule has 4 N–H and O–H groups in total. The van der Waals surface area contributed by atoms with Gasteiger partial charge in [0.15, 0.2) is 11.5 Å². The van der Waals surface area contributed by atoms with E-state index in [1.807, 2.05) is 0 Å². The molecular formula is C15H23N3O3. The van der Waals surface area contributed by atoms with Crippen molar-refractivity contribution in [1.29, 1.82) is 0 Å². The third-order valence-electron chi connectivity index (χ3n) is 4.11. The highest BCUT2D eigenvalue weighted by Gasteiger charge is 2.26. The van der Waals surface area contributed by atoms with Gasteiger partial charge in [0.05, 0.1) is 5.56 Å². The molecule has 6 heteroatoms. The van der Waals surface area contributed by atoms with Gasteiger partial charge in [-0.15, -0.1) is 0 Å². The van der Waals surface area contributed by atoms with Crippen LogP contribution in [0.25, 0.3) is 0 Å². The van der Waals surface area contributed by atoms with Crippen molar-refractivity contribution in [3.05, 3.63) is 23.8 Å².